The lowest BCUT2D eigenvalue weighted by Crippen LogP contribution is -2.22. The van der Waals surface area contributed by atoms with E-state index in [1.165, 1.54) is 11.8 Å². The number of halogens is 1. The molecule has 0 saturated heterocycles. The van der Waals surface area contributed by atoms with Gasteiger partial charge in [-0.1, -0.05) is 23.4 Å². The lowest BCUT2D eigenvalue weighted by atomic mass is 9.97. The zero-order valence-corrected chi connectivity index (χ0v) is 14.0. The van der Waals surface area contributed by atoms with E-state index in [0.29, 0.717) is 15.9 Å². The van der Waals surface area contributed by atoms with Gasteiger partial charge in [-0.05, 0) is 49.9 Å². The number of fused-ring (bicyclic) bond motifs is 1. The molecule has 0 aliphatic heterocycles. The summed E-state index contributed by atoms with van der Waals surface area (Å²) in [6.45, 7) is 0. The molecule has 1 aliphatic carbocycles. The Balaban J connectivity index is 1.61. The monoisotopic (exact) mass is 349 g/mol. The molecule has 0 saturated carbocycles. The van der Waals surface area contributed by atoms with Gasteiger partial charge in [0.15, 0.2) is 5.16 Å². The fraction of sp³-hybridized carbons (Fsp3) is 0.312. The third kappa shape index (κ3) is 4.14. The van der Waals surface area contributed by atoms with Crippen LogP contribution in [0.5, 0.6) is 0 Å². The summed E-state index contributed by atoms with van der Waals surface area (Å²) in [6.07, 6.45) is 3.72. The fourth-order valence-electron chi connectivity index (χ4n) is 2.51. The van der Waals surface area contributed by atoms with E-state index >= 15 is 0 Å². The molecule has 0 fully saturated rings. The minimum Gasteiger partial charge on any atom is -0.325 e. The number of aromatic nitrogens is 2. The van der Waals surface area contributed by atoms with Crippen molar-refractivity contribution < 1.29 is 4.79 Å². The normalized spacial score (nSPS) is 13.4. The molecule has 120 valence electrons. The average molecular weight is 350 g/mol. The number of benzene rings is 1. The molecule has 0 radical (unpaired) electrons. The maximum absolute atomic E-state index is 12.0. The first-order chi connectivity index (χ1) is 11.1. The SMILES string of the molecule is O=C(CSc1nc2c(c(=O)[nH]1)CCCC2)Nc1ccc(Cl)cc1. The van der Waals surface area contributed by atoms with Crippen LogP contribution in [0, 0.1) is 0 Å². The van der Waals surface area contributed by atoms with Crippen molar-refractivity contribution in [2.75, 3.05) is 11.1 Å². The Kier molecular flexibility index (Phi) is 5.03. The van der Waals surface area contributed by atoms with E-state index in [-0.39, 0.29) is 17.2 Å². The second-order valence-corrected chi connectivity index (χ2v) is 6.75. The molecule has 5 nitrogen and oxygen atoms in total. The molecule has 1 aromatic heterocycles. The summed E-state index contributed by atoms with van der Waals surface area (Å²) >= 11 is 7.04. The summed E-state index contributed by atoms with van der Waals surface area (Å²) in [7, 11) is 0. The molecule has 2 aromatic rings. The third-order valence-electron chi connectivity index (χ3n) is 3.64. The number of thioether (sulfide) groups is 1. The van der Waals surface area contributed by atoms with Gasteiger partial charge in [0.2, 0.25) is 5.91 Å². The highest BCUT2D eigenvalue weighted by Crippen LogP contribution is 2.20. The van der Waals surface area contributed by atoms with Crippen molar-refractivity contribution in [2.45, 2.75) is 30.8 Å². The van der Waals surface area contributed by atoms with E-state index in [1.807, 2.05) is 0 Å². The lowest BCUT2D eigenvalue weighted by Gasteiger charge is -2.14. The van der Waals surface area contributed by atoms with E-state index in [9.17, 15) is 9.59 Å². The maximum atomic E-state index is 12.0. The number of H-pyrrole nitrogens is 1. The first kappa shape index (κ1) is 16.1. The van der Waals surface area contributed by atoms with Crippen molar-refractivity contribution in [1.82, 2.24) is 9.97 Å². The topological polar surface area (TPSA) is 74.8 Å². The van der Waals surface area contributed by atoms with Gasteiger partial charge >= 0.3 is 0 Å². The summed E-state index contributed by atoms with van der Waals surface area (Å²) in [5.74, 6) is 0.0300. The summed E-state index contributed by atoms with van der Waals surface area (Å²) in [4.78, 5) is 31.2. The molecular formula is C16H16ClN3O2S. The van der Waals surface area contributed by atoms with E-state index in [0.717, 1.165) is 36.9 Å². The highest BCUT2D eigenvalue weighted by Gasteiger charge is 2.16. The summed E-state index contributed by atoms with van der Waals surface area (Å²) < 4.78 is 0. The number of aryl methyl sites for hydroxylation is 1. The van der Waals surface area contributed by atoms with Crippen LogP contribution in [-0.2, 0) is 17.6 Å². The van der Waals surface area contributed by atoms with Crippen molar-refractivity contribution in [1.29, 1.82) is 0 Å². The number of hydrogen-bond donors (Lipinski definition) is 2. The Morgan fingerprint density at radius 1 is 1.26 bits per heavy atom. The first-order valence-electron chi connectivity index (χ1n) is 7.42. The van der Waals surface area contributed by atoms with Gasteiger partial charge in [0.25, 0.3) is 5.56 Å². The van der Waals surface area contributed by atoms with Crippen LogP contribution in [0.3, 0.4) is 0 Å². The van der Waals surface area contributed by atoms with Crippen LogP contribution in [0.4, 0.5) is 5.69 Å². The van der Waals surface area contributed by atoms with Crippen LogP contribution < -0.4 is 10.9 Å². The lowest BCUT2D eigenvalue weighted by molar-refractivity contribution is -0.113. The Morgan fingerprint density at radius 2 is 2.00 bits per heavy atom. The molecule has 1 heterocycles. The van der Waals surface area contributed by atoms with Gasteiger partial charge in [-0.25, -0.2) is 4.98 Å². The first-order valence-corrected chi connectivity index (χ1v) is 8.78. The van der Waals surface area contributed by atoms with Crippen molar-refractivity contribution >= 4 is 35.0 Å². The highest BCUT2D eigenvalue weighted by molar-refractivity contribution is 7.99. The zero-order valence-electron chi connectivity index (χ0n) is 12.4. The largest absolute Gasteiger partial charge is 0.325 e. The summed E-state index contributed by atoms with van der Waals surface area (Å²) in [5.41, 5.74) is 2.29. The van der Waals surface area contributed by atoms with E-state index in [1.54, 1.807) is 24.3 Å². The van der Waals surface area contributed by atoms with Gasteiger partial charge < -0.3 is 10.3 Å². The summed E-state index contributed by atoms with van der Waals surface area (Å²) in [5, 5.41) is 3.90. The number of nitrogens with zero attached hydrogens (tertiary/aromatic N) is 1. The second kappa shape index (κ2) is 7.19. The quantitative estimate of drug-likeness (QED) is 0.657. The van der Waals surface area contributed by atoms with Crippen LogP contribution in [0.1, 0.15) is 24.1 Å². The van der Waals surface area contributed by atoms with Crippen molar-refractivity contribution in [3.8, 4) is 0 Å². The van der Waals surface area contributed by atoms with Gasteiger partial charge in [-0.15, -0.1) is 0 Å². The van der Waals surface area contributed by atoms with Crippen LogP contribution in [0.2, 0.25) is 5.02 Å². The molecule has 0 atom stereocenters. The van der Waals surface area contributed by atoms with Crippen LogP contribution in [-0.4, -0.2) is 21.6 Å². The third-order valence-corrected chi connectivity index (χ3v) is 4.76. The number of carbonyl (C=O) groups excluding carboxylic acids is 1. The molecule has 1 amide bonds. The Bertz CT molecular complexity index is 774. The number of nitrogens with one attached hydrogen (secondary N) is 2. The van der Waals surface area contributed by atoms with Gasteiger partial charge in [0.05, 0.1) is 11.4 Å². The smallest absolute Gasteiger partial charge is 0.254 e. The maximum Gasteiger partial charge on any atom is 0.254 e. The molecular weight excluding hydrogens is 334 g/mol. The van der Waals surface area contributed by atoms with Crippen molar-refractivity contribution in [2.24, 2.45) is 0 Å². The zero-order chi connectivity index (χ0) is 16.2. The minimum absolute atomic E-state index is 0.0738. The number of carbonyl (C=O) groups is 1. The molecule has 0 bridgehead atoms. The summed E-state index contributed by atoms with van der Waals surface area (Å²) in [6, 6.07) is 6.91. The minimum atomic E-state index is -0.155. The molecule has 23 heavy (non-hydrogen) atoms. The Hall–Kier alpha value is -1.79. The van der Waals surface area contributed by atoms with Gasteiger partial charge in [-0.3, -0.25) is 9.59 Å². The standard InChI is InChI=1S/C16H16ClN3O2S/c17-10-5-7-11(8-6-10)18-14(21)9-23-16-19-13-4-2-1-3-12(13)15(22)20-16/h5-8H,1-4,9H2,(H,18,21)(H,19,20,22). The average Bonchev–Trinajstić information content (AvgIpc) is 2.55. The fourth-order valence-corrected chi connectivity index (χ4v) is 3.32. The molecule has 0 unspecified atom stereocenters. The number of rotatable bonds is 4. The highest BCUT2D eigenvalue weighted by atomic mass is 35.5. The van der Waals surface area contributed by atoms with Crippen molar-refractivity contribution in [3.05, 3.63) is 50.9 Å². The Morgan fingerprint density at radius 3 is 2.78 bits per heavy atom. The van der Waals surface area contributed by atoms with Crippen molar-refractivity contribution in [3.63, 3.8) is 0 Å². The number of amides is 1. The van der Waals surface area contributed by atoms with Gasteiger partial charge in [0.1, 0.15) is 0 Å². The van der Waals surface area contributed by atoms with E-state index < -0.39 is 0 Å². The Labute approximate surface area is 142 Å². The molecule has 7 heteroatoms. The number of aromatic amines is 1. The van der Waals surface area contributed by atoms with Gasteiger partial charge in [-0.2, -0.15) is 0 Å². The predicted octanol–water partition coefficient (Wildman–Crippen LogP) is 3.03. The van der Waals surface area contributed by atoms with Crippen LogP contribution in [0.25, 0.3) is 0 Å². The second-order valence-electron chi connectivity index (χ2n) is 5.35. The molecule has 1 aliphatic rings. The molecule has 1 aromatic carbocycles. The molecule has 3 rings (SSSR count). The van der Waals surface area contributed by atoms with Gasteiger partial charge in [0, 0.05) is 16.3 Å². The predicted molar refractivity (Wildman–Crippen MR) is 92.3 cm³/mol. The molecule has 0 spiro atoms. The molecule has 2 N–H and O–H groups in total. The number of anilines is 1. The van der Waals surface area contributed by atoms with Crippen LogP contribution in [0.15, 0.2) is 34.2 Å². The number of hydrogen-bond acceptors (Lipinski definition) is 4. The van der Waals surface area contributed by atoms with Crippen LogP contribution >= 0.6 is 23.4 Å². The van der Waals surface area contributed by atoms with E-state index in [2.05, 4.69) is 15.3 Å². The van der Waals surface area contributed by atoms with E-state index in [4.69, 9.17) is 11.6 Å².